The molecular formula is C14H18NO2. The SMILES string of the molecule is CC(=O)c1ccc2c(c1)C(C)(C)N([O])C2(C)C. The van der Waals surface area contributed by atoms with Gasteiger partial charge in [-0.25, -0.2) is 0 Å². The second-order valence-electron chi connectivity index (χ2n) is 5.73. The molecule has 0 spiro atoms. The van der Waals surface area contributed by atoms with Crippen molar-refractivity contribution in [2.75, 3.05) is 0 Å². The number of Topliss-reactive ketones (excluding diaryl/α,β-unsaturated/α-hetero) is 1. The van der Waals surface area contributed by atoms with Gasteiger partial charge in [0.1, 0.15) is 0 Å². The lowest BCUT2D eigenvalue weighted by Crippen LogP contribution is -2.41. The van der Waals surface area contributed by atoms with E-state index in [9.17, 15) is 10.0 Å². The lowest BCUT2D eigenvalue weighted by atomic mass is 9.89. The standard InChI is InChI=1S/C14H18NO2/c1-9(16)10-6-7-11-12(8-10)14(4,5)15(17)13(11,2)3/h6-8H,1-5H3. The van der Waals surface area contributed by atoms with E-state index in [0.717, 1.165) is 16.2 Å². The number of hydrogen-bond acceptors (Lipinski definition) is 2. The number of carbonyl (C=O) groups excluding carboxylic acids is 1. The minimum atomic E-state index is -0.579. The van der Waals surface area contributed by atoms with Crippen molar-refractivity contribution in [3.63, 3.8) is 0 Å². The number of ketones is 1. The van der Waals surface area contributed by atoms with Crippen LogP contribution in [0.2, 0.25) is 0 Å². The summed E-state index contributed by atoms with van der Waals surface area (Å²) in [5.74, 6) is 0.0331. The molecule has 1 radical (unpaired) electrons. The molecule has 17 heavy (non-hydrogen) atoms. The molecule has 0 N–H and O–H groups in total. The third kappa shape index (κ3) is 1.53. The maximum Gasteiger partial charge on any atom is 0.159 e. The molecule has 1 aromatic carbocycles. The number of benzene rings is 1. The molecule has 0 atom stereocenters. The van der Waals surface area contributed by atoms with E-state index in [0.29, 0.717) is 5.56 Å². The van der Waals surface area contributed by atoms with Crippen molar-refractivity contribution in [1.29, 1.82) is 0 Å². The minimum absolute atomic E-state index is 0.0331. The molecule has 0 aliphatic carbocycles. The van der Waals surface area contributed by atoms with Crippen LogP contribution in [0.4, 0.5) is 0 Å². The molecule has 1 heterocycles. The van der Waals surface area contributed by atoms with Gasteiger partial charge in [-0.1, -0.05) is 12.1 Å². The van der Waals surface area contributed by atoms with Crippen LogP contribution in [0, 0.1) is 0 Å². The largest absolute Gasteiger partial charge is 0.295 e. The molecule has 0 saturated carbocycles. The van der Waals surface area contributed by atoms with Gasteiger partial charge in [0, 0.05) is 5.56 Å². The monoisotopic (exact) mass is 232 g/mol. The normalized spacial score (nSPS) is 21.3. The first kappa shape index (κ1) is 12.3. The van der Waals surface area contributed by atoms with Crippen LogP contribution >= 0.6 is 0 Å². The van der Waals surface area contributed by atoms with Gasteiger partial charge in [0.25, 0.3) is 0 Å². The zero-order valence-electron chi connectivity index (χ0n) is 11.0. The summed E-state index contributed by atoms with van der Waals surface area (Å²) in [6.45, 7) is 9.18. The third-order valence-corrected chi connectivity index (χ3v) is 3.76. The molecule has 0 fully saturated rings. The number of hydroxylamine groups is 2. The zero-order valence-corrected chi connectivity index (χ0v) is 11.0. The van der Waals surface area contributed by atoms with Crippen LogP contribution in [-0.4, -0.2) is 10.8 Å². The second kappa shape index (κ2) is 3.40. The van der Waals surface area contributed by atoms with Crippen molar-refractivity contribution >= 4 is 5.78 Å². The Kier molecular flexibility index (Phi) is 2.46. The quantitative estimate of drug-likeness (QED) is 0.698. The topological polar surface area (TPSA) is 40.2 Å². The molecular weight excluding hydrogens is 214 g/mol. The van der Waals surface area contributed by atoms with Gasteiger partial charge in [-0.2, -0.15) is 0 Å². The van der Waals surface area contributed by atoms with Gasteiger partial charge in [-0.3, -0.25) is 4.79 Å². The summed E-state index contributed by atoms with van der Waals surface area (Å²) in [6.07, 6.45) is 0. The molecule has 0 bridgehead atoms. The number of hydrogen-bond donors (Lipinski definition) is 0. The Hall–Kier alpha value is -1.19. The van der Waals surface area contributed by atoms with Gasteiger partial charge < -0.3 is 0 Å². The van der Waals surface area contributed by atoms with Crippen LogP contribution in [0.3, 0.4) is 0 Å². The van der Waals surface area contributed by atoms with E-state index in [1.54, 1.807) is 13.0 Å². The fraction of sp³-hybridized carbons (Fsp3) is 0.500. The average Bonchev–Trinajstić information content (AvgIpc) is 2.38. The first-order valence-electron chi connectivity index (χ1n) is 5.82. The Labute approximate surface area is 102 Å². The lowest BCUT2D eigenvalue weighted by Gasteiger charge is -2.32. The summed E-state index contributed by atoms with van der Waals surface area (Å²) >= 11 is 0. The van der Waals surface area contributed by atoms with Gasteiger partial charge in [-0.05, 0) is 51.8 Å². The molecule has 0 aromatic heterocycles. The Morgan fingerprint density at radius 2 is 1.59 bits per heavy atom. The van der Waals surface area contributed by atoms with Gasteiger partial charge in [0.15, 0.2) is 5.78 Å². The first-order chi connectivity index (χ1) is 7.69. The van der Waals surface area contributed by atoms with Crippen LogP contribution in [-0.2, 0) is 16.3 Å². The highest BCUT2D eigenvalue weighted by Crippen LogP contribution is 2.48. The van der Waals surface area contributed by atoms with E-state index in [4.69, 9.17) is 0 Å². The van der Waals surface area contributed by atoms with Crippen LogP contribution in [0.25, 0.3) is 0 Å². The highest BCUT2D eigenvalue weighted by atomic mass is 16.5. The van der Waals surface area contributed by atoms with Gasteiger partial charge in [-0.15, -0.1) is 10.3 Å². The highest BCUT2D eigenvalue weighted by Gasteiger charge is 2.49. The average molecular weight is 232 g/mol. The molecule has 1 aliphatic heterocycles. The van der Waals surface area contributed by atoms with Gasteiger partial charge >= 0.3 is 0 Å². The van der Waals surface area contributed by atoms with E-state index in [-0.39, 0.29) is 5.78 Å². The predicted octanol–water partition coefficient (Wildman–Crippen LogP) is 3.02. The van der Waals surface area contributed by atoms with Crippen LogP contribution < -0.4 is 0 Å². The van der Waals surface area contributed by atoms with Crippen LogP contribution in [0.5, 0.6) is 0 Å². The lowest BCUT2D eigenvalue weighted by molar-refractivity contribution is -0.266. The summed E-state index contributed by atoms with van der Waals surface area (Å²) in [7, 11) is 0. The van der Waals surface area contributed by atoms with Crippen molar-refractivity contribution in [2.45, 2.75) is 45.7 Å². The smallest absolute Gasteiger partial charge is 0.159 e. The molecule has 0 unspecified atom stereocenters. The fourth-order valence-corrected chi connectivity index (χ4v) is 2.72. The molecule has 3 heteroatoms. The summed E-state index contributed by atoms with van der Waals surface area (Å²) in [4.78, 5) is 11.4. The van der Waals surface area contributed by atoms with E-state index in [1.165, 1.54) is 0 Å². The van der Waals surface area contributed by atoms with Crippen LogP contribution in [0.15, 0.2) is 18.2 Å². The Balaban J connectivity index is 2.68. The number of nitrogens with zero attached hydrogens (tertiary/aromatic N) is 1. The maximum absolute atomic E-state index is 12.3. The Bertz CT molecular complexity index is 489. The fourth-order valence-electron chi connectivity index (χ4n) is 2.72. The summed E-state index contributed by atoms with van der Waals surface area (Å²) in [5, 5.41) is 13.4. The molecule has 0 amide bonds. The van der Waals surface area contributed by atoms with Gasteiger partial charge in [0.05, 0.1) is 11.1 Å². The van der Waals surface area contributed by atoms with Crippen molar-refractivity contribution < 1.29 is 10.0 Å². The Morgan fingerprint density at radius 1 is 1.06 bits per heavy atom. The third-order valence-electron chi connectivity index (χ3n) is 3.76. The molecule has 2 rings (SSSR count). The zero-order chi connectivity index (χ0) is 13.0. The van der Waals surface area contributed by atoms with E-state index in [2.05, 4.69) is 0 Å². The van der Waals surface area contributed by atoms with Crippen molar-refractivity contribution in [2.24, 2.45) is 0 Å². The summed E-state index contributed by atoms with van der Waals surface area (Å²) < 4.78 is 0. The highest BCUT2D eigenvalue weighted by molar-refractivity contribution is 5.94. The molecule has 91 valence electrons. The van der Waals surface area contributed by atoms with Crippen molar-refractivity contribution in [3.8, 4) is 0 Å². The van der Waals surface area contributed by atoms with Crippen LogP contribution in [0.1, 0.15) is 56.1 Å². The molecule has 0 saturated heterocycles. The van der Waals surface area contributed by atoms with E-state index >= 15 is 0 Å². The second-order valence-corrected chi connectivity index (χ2v) is 5.73. The Morgan fingerprint density at radius 3 is 2.12 bits per heavy atom. The molecule has 1 aromatic rings. The van der Waals surface area contributed by atoms with E-state index in [1.807, 2.05) is 39.8 Å². The predicted molar refractivity (Wildman–Crippen MR) is 65.0 cm³/mol. The van der Waals surface area contributed by atoms with Crippen molar-refractivity contribution in [1.82, 2.24) is 5.06 Å². The van der Waals surface area contributed by atoms with Gasteiger partial charge in [0.2, 0.25) is 0 Å². The summed E-state index contributed by atoms with van der Waals surface area (Å²) in [5.41, 5.74) is 1.54. The number of carbonyl (C=O) groups is 1. The van der Waals surface area contributed by atoms with E-state index < -0.39 is 11.1 Å². The maximum atomic E-state index is 12.3. The first-order valence-corrected chi connectivity index (χ1v) is 5.82. The van der Waals surface area contributed by atoms with Crippen molar-refractivity contribution in [3.05, 3.63) is 34.9 Å². The number of fused-ring (bicyclic) bond motifs is 1. The minimum Gasteiger partial charge on any atom is -0.295 e. The number of rotatable bonds is 1. The molecule has 3 nitrogen and oxygen atoms in total. The summed E-state index contributed by atoms with van der Waals surface area (Å²) in [6, 6.07) is 5.57. The molecule has 1 aliphatic rings.